The first-order valence-electron chi connectivity index (χ1n) is 7.89. The average molecular weight is 248 g/mol. The van der Waals surface area contributed by atoms with E-state index in [9.17, 15) is 4.79 Å². The Morgan fingerprint density at radius 2 is 1.72 bits per heavy atom. The maximum atomic E-state index is 12.7. The molecule has 18 heavy (non-hydrogen) atoms. The van der Waals surface area contributed by atoms with E-state index in [2.05, 4.69) is 9.80 Å². The Kier molecular flexibility index (Phi) is 2.65. The second kappa shape index (κ2) is 4.22. The van der Waals surface area contributed by atoms with Crippen LogP contribution < -0.4 is 0 Å². The van der Waals surface area contributed by atoms with Crippen molar-refractivity contribution in [2.24, 2.45) is 11.8 Å². The van der Waals surface area contributed by atoms with Crippen LogP contribution in [-0.2, 0) is 4.79 Å². The monoisotopic (exact) mass is 248 g/mol. The van der Waals surface area contributed by atoms with Gasteiger partial charge in [0, 0.05) is 25.2 Å². The fraction of sp³-hybridized carbons (Fsp3) is 0.933. The van der Waals surface area contributed by atoms with Crippen molar-refractivity contribution >= 4 is 5.91 Å². The average Bonchev–Trinajstić information content (AvgIpc) is 2.44. The lowest BCUT2D eigenvalue weighted by Crippen LogP contribution is -2.65. The van der Waals surface area contributed by atoms with E-state index >= 15 is 0 Å². The van der Waals surface area contributed by atoms with Crippen LogP contribution in [0.4, 0.5) is 0 Å². The van der Waals surface area contributed by atoms with Gasteiger partial charge in [0.2, 0.25) is 5.91 Å². The highest BCUT2D eigenvalue weighted by atomic mass is 16.2. The van der Waals surface area contributed by atoms with Crippen LogP contribution in [0.15, 0.2) is 0 Å². The van der Waals surface area contributed by atoms with Gasteiger partial charge in [-0.15, -0.1) is 0 Å². The Bertz CT molecular complexity index is 354. The molecule has 0 N–H and O–H groups in total. The molecule has 4 atom stereocenters. The Hall–Kier alpha value is -0.570. The predicted octanol–water partition coefficient (Wildman–Crippen LogP) is 1.87. The molecule has 3 unspecified atom stereocenters. The summed E-state index contributed by atoms with van der Waals surface area (Å²) in [4.78, 5) is 17.7. The molecule has 0 radical (unpaired) electrons. The molecule has 4 fully saturated rings. The molecule has 4 heterocycles. The van der Waals surface area contributed by atoms with Crippen molar-refractivity contribution in [3.63, 3.8) is 0 Å². The van der Waals surface area contributed by atoms with Crippen LogP contribution >= 0.6 is 0 Å². The summed E-state index contributed by atoms with van der Waals surface area (Å²) in [6.07, 6.45) is 8.97. The summed E-state index contributed by atoms with van der Waals surface area (Å²) in [5.41, 5.74) is 0. The van der Waals surface area contributed by atoms with E-state index in [0.717, 1.165) is 12.5 Å². The number of piperidine rings is 4. The Morgan fingerprint density at radius 3 is 2.61 bits per heavy atom. The van der Waals surface area contributed by atoms with Crippen LogP contribution in [0, 0.1) is 11.8 Å². The molecule has 100 valence electrons. The Balaban J connectivity index is 1.63. The minimum atomic E-state index is 0.346. The largest absolute Gasteiger partial charge is 0.339 e. The van der Waals surface area contributed by atoms with Gasteiger partial charge in [0.05, 0.1) is 5.92 Å². The first kappa shape index (κ1) is 11.3. The predicted molar refractivity (Wildman–Crippen MR) is 70.2 cm³/mol. The molecule has 0 aromatic heterocycles. The lowest BCUT2D eigenvalue weighted by Gasteiger charge is -2.56. The summed E-state index contributed by atoms with van der Waals surface area (Å²) in [6.45, 7) is 3.57. The van der Waals surface area contributed by atoms with Gasteiger partial charge in [0.25, 0.3) is 0 Å². The van der Waals surface area contributed by atoms with E-state index in [1.54, 1.807) is 0 Å². The zero-order valence-corrected chi connectivity index (χ0v) is 11.2. The van der Waals surface area contributed by atoms with Crippen LogP contribution in [0.25, 0.3) is 0 Å². The number of hydrogen-bond donors (Lipinski definition) is 0. The van der Waals surface area contributed by atoms with Crippen molar-refractivity contribution in [3.8, 4) is 0 Å². The van der Waals surface area contributed by atoms with Gasteiger partial charge in [-0.3, -0.25) is 9.69 Å². The van der Waals surface area contributed by atoms with E-state index in [1.165, 1.54) is 58.0 Å². The molecule has 0 aromatic carbocycles. The highest BCUT2D eigenvalue weighted by molar-refractivity contribution is 5.81. The molecule has 4 aliphatic rings. The first-order chi connectivity index (χ1) is 8.84. The summed E-state index contributed by atoms with van der Waals surface area (Å²) in [6, 6.07) is 1.18. The number of rotatable bonds is 0. The van der Waals surface area contributed by atoms with E-state index in [0.29, 0.717) is 23.9 Å². The van der Waals surface area contributed by atoms with Crippen LogP contribution in [-0.4, -0.2) is 47.4 Å². The summed E-state index contributed by atoms with van der Waals surface area (Å²) < 4.78 is 0. The molecule has 0 saturated carbocycles. The van der Waals surface area contributed by atoms with Crippen molar-refractivity contribution in [1.82, 2.24) is 9.80 Å². The van der Waals surface area contributed by atoms with E-state index < -0.39 is 0 Å². The van der Waals surface area contributed by atoms with Gasteiger partial charge in [0.15, 0.2) is 0 Å². The van der Waals surface area contributed by atoms with Crippen LogP contribution in [0.2, 0.25) is 0 Å². The fourth-order valence-corrected chi connectivity index (χ4v) is 5.04. The molecule has 1 amide bonds. The fourth-order valence-electron chi connectivity index (χ4n) is 5.04. The molecule has 3 nitrogen and oxygen atoms in total. The van der Waals surface area contributed by atoms with Gasteiger partial charge in [-0.05, 0) is 51.0 Å². The lowest BCUT2D eigenvalue weighted by atomic mass is 9.70. The molecular weight excluding hydrogens is 224 g/mol. The van der Waals surface area contributed by atoms with Gasteiger partial charge in [-0.2, -0.15) is 0 Å². The minimum Gasteiger partial charge on any atom is -0.339 e. The van der Waals surface area contributed by atoms with Crippen molar-refractivity contribution in [2.45, 2.75) is 57.0 Å². The quantitative estimate of drug-likeness (QED) is 0.653. The highest BCUT2D eigenvalue weighted by Crippen LogP contribution is 2.43. The third kappa shape index (κ3) is 1.56. The third-order valence-electron chi connectivity index (χ3n) is 5.85. The molecule has 0 spiro atoms. The van der Waals surface area contributed by atoms with Gasteiger partial charge in [0.1, 0.15) is 0 Å². The van der Waals surface area contributed by atoms with Crippen molar-refractivity contribution in [2.75, 3.05) is 19.6 Å². The Morgan fingerprint density at radius 1 is 0.944 bits per heavy atom. The van der Waals surface area contributed by atoms with Gasteiger partial charge >= 0.3 is 0 Å². The highest BCUT2D eigenvalue weighted by Gasteiger charge is 2.50. The number of nitrogens with zero attached hydrogens (tertiary/aromatic N) is 2. The molecule has 4 aliphatic heterocycles. The normalized spacial score (nSPS) is 44.4. The number of carbonyl (C=O) groups excluding carboxylic acids is 1. The molecule has 3 heteroatoms. The van der Waals surface area contributed by atoms with Crippen LogP contribution in [0.1, 0.15) is 44.9 Å². The number of amides is 1. The van der Waals surface area contributed by atoms with Gasteiger partial charge in [-0.1, -0.05) is 6.42 Å². The summed E-state index contributed by atoms with van der Waals surface area (Å²) in [7, 11) is 0. The molecule has 4 saturated heterocycles. The van der Waals surface area contributed by atoms with Crippen LogP contribution in [0.5, 0.6) is 0 Å². The smallest absolute Gasteiger partial charge is 0.227 e. The molecule has 0 aromatic rings. The second-order valence-corrected chi connectivity index (χ2v) is 6.76. The number of hydrogen-bond acceptors (Lipinski definition) is 2. The number of fused-ring (bicyclic) bond motifs is 6. The summed E-state index contributed by atoms with van der Waals surface area (Å²) in [5.74, 6) is 1.63. The van der Waals surface area contributed by atoms with E-state index in [1.807, 2.05) is 0 Å². The van der Waals surface area contributed by atoms with E-state index in [-0.39, 0.29) is 0 Å². The van der Waals surface area contributed by atoms with Gasteiger partial charge in [-0.25, -0.2) is 0 Å². The summed E-state index contributed by atoms with van der Waals surface area (Å²) >= 11 is 0. The topological polar surface area (TPSA) is 23.6 Å². The number of carbonyl (C=O) groups is 1. The van der Waals surface area contributed by atoms with Crippen molar-refractivity contribution in [3.05, 3.63) is 0 Å². The van der Waals surface area contributed by atoms with Gasteiger partial charge < -0.3 is 4.90 Å². The molecular formula is C15H24N2O. The minimum absolute atomic E-state index is 0.346. The third-order valence-corrected chi connectivity index (χ3v) is 5.85. The Labute approximate surface area is 110 Å². The zero-order valence-electron chi connectivity index (χ0n) is 11.2. The zero-order chi connectivity index (χ0) is 12.1. The van der Waals surface area contributed by atoms with Crippen molar-refractivity contribution < 1.29 is 4.79 Å². The van der Waals surface area contributed by atoms with Crippen LogP contribution in [0.3, 0.4) is 0 Å². The SMILES string of the molecule is O=C1C2CC(CN3CCCC[C@H]23)C2CCCCN12. The lowest BCUT2D eigenvalue weighted by molar-refractivity contribution is -0.158. The summed E-state index contributed by atoms with van der Waals surface area (Å²) in [5, 5.41) is 0. The molecule has 0 aliphatic carbocycles. The maximum absolute atomic E-state index is 12.7. The molecule has 4 rings (SSSR count). The standard InChI is InChI=1S/C15H24N2O/c18-15-12-9-11(13-5-2-4-8-17(13)15)10-16-7-3-1-6-14(12)16/h11-14H,1-10H2/t11?,12?,13?,14-/m1/s1. The van der Waals surface area contributed by atoms with Crippen molar-refractivity contribution in [1.29, 1.82) is 0 Å². The second-order valence-electron chi connectivity index (χ2n) is 6.76. The maximum Gasteiger partial charge on any atom is 0.227 e. The van der Waals surface area contributed by atoms with E-state index in [4.69, 9.17) is 0 Å². The molecule has 2 bridgehead atoms. The first-order valence-corrected chi connectivity index (χ1v) is 7.89.